The molecule has 144 valence electrons. The van der Waals surface area contributed by atoms with E-state index in [9.17, 15) is 9.18 Å². The molecule has 1 saturated carbocycles. The van der Waals surface area contributed by atoms with Crippen LogP contribution in [-0.4, -0.2) is 55.6 Å². The number of halogens is 1. The molecule has 1 aromatic rings. The molecule has 1 aliphatic carbocycles. The number of benzene rings is 1. The summed E-state index contributed by atoms with van der Waals surface area (Å²) >= 11 is 0. The van der Waals surface area contributed by atoms with Crippen molar-refractivity contribution in [1.29, 1.82) is 0 Å². The summed E-state index contributed by atoms with van der Waals surface area (Å²) in [6, 6.07) is 7.47. The Morgan fingerprint density at radius 2 is 1.85 bits per heavy atom. The zero-order valence-electron chi connectivity index (χ0n) is 16.1. The van der Waals surface area contributed by atoms with Crippen LogP contribution in [0, 0.1) is 5.82 Å². The highest BCUT2D eigenvalue weighted by Crippen LogP contribution is 2.40. The van der Waals surface area contributed by atoms with E-state index < -0.39 is 0 Å². The minimum atomic E-state index is -0.203. The van der Waals surface area contributed by atoms with Crippen LogP contribution >= 0.6 is 0 Å². The predicted octanol–water partition coefficient (Wildman–Crippen LogP) is 3.76. The summed E-state index contributed by atoms with van der Waals surface area (Å²) in [5, 5.41) is 3.20. The number of hydrogen-bond donors (Lipinski definition) is 1. The van der Waals surface area contributed by atoms with Gasteiger partial charge in [0.15, 0.2) is 0 Å². The average Bonchev–Trinajstić information content (AvgIpc) is 2.97. The molecule has 0 bridgehead atoms. The van der Waals surface area contributed by atoms with E-state index in [-0.39, 0.29) is 17.3 Å². The van der Waals surface area contributed by atoms with Crippen LogP contribution in [0.1, 0.15) is 50.5 Å². The standard InChI is InChI=1S/C21H32FN3O/c1-24(2)19-6-5-14-25(15-11-19)20(26)23-16-21(12-3-4-13-21)17-7-9-18(22)10-8-17/h7-10,19H,3-6,11-16H2,1-2H3,(H,23,26)/t19-/m1/s1. The van der Waals surface area contributed by atoms with Gasteiger partial charge in [0.25, 0.3) is 0 Å². The topological polar surface area (TPSA) is 35.6 Å². The van der Waals surface area contributed by atoms with Crippen molar-refractivity contribution in [2.75, 3.05) is 33.7 Å². The Morgan fingerprint density at radius 3 is 2.50 bits per heavy atom. The maximum atomic E-state index is 13.3. The summed E-state index contributed by atoms with van der Waals surface area (Å²) in [5.41, 5.74) is 1.11. The lowest BCUT2D eigenvalue weighted by molar-refractivity contribution is 0.194. The van der Waals surface area contributed by atoms with Gasteiger partial charge in [0.1, 0.15) is 5.82 Å². The molecule has 1 N–H and O–H groups in total. The van der Waals surface area contributed by atoms with Crippen LogP contribution in [0.3, 0.4) is 0 Å². The fourth-order valence-corrected chi connectivity index (χ4v) is 4.58. The second kappa shape index (κ2) is 8.38. The summed E-state index contributed by atoms with van der Waals surface area (Å²) in [6.07, 6.45) is 7.69. The molecule has 2 aliphatic rings. The third-order valence-corrected chi connectivity index (χ3v) is 6.31. The van der Waals surface area contributed by atoms with Crippen LogP contribution in [-0.2, 0) is 5.41 Å². The van der Waals surface area contributed by atoms with Gasteiger partial charge >= 0.3 is 6.03 Å². The molecule has 5 heteroatoms. The Balaban J connectivity index is 1.61. The zero-order valence-corrected chi connectivity index (χ0v) is 16.1. The number of carbonyl (C=O) groups excluding carboxylic acids is 1. The van der Waals surface area contributed by atoms with E-state index in [0.717, 1.165) is 50.8 Å². The quantitative estimate of drug-likeness (QED) is 0.886. The van der Waals surface area contributed by atoms with Crippen LogP contribution in [0.4, 0.5) is 9.18 Å². The molecule has 0 radical (unpaired) electrons. The number of rotatable bonds is 4. The number of urea groups is 1. The largest absolute Gasteiger partial charge is 0.337 e. The normalized spacial score (nSPS) is 23.1. The van der Waals surface area contributed by atoms with Crippen molar-refractivity contribution in [2.24, 2.45) is 0 Å². The summed E-state index contributed by atoms with van der Waals surface area (Å²) in [6.45, 7) is 2.29. The Hall–Kier alpha value is -1.62. The maximum Gasteiger partial charge on any atom is 0.317 e. The van der Waals surface area contributed by atoms with Crippen molar-refractivity contribution in [3.63, 3.8) is 0 Å². The monoisotopic (exact) mass is 361 g/mol. The van der Waals surface area contributed by atoms with E-state index in [4.69, 9.17) is 0 Å². The number of nitrogens with zero attached hydrogens (tertiary/aromatic N) is 2. The second-order valence-corrected chi connectivity index (χ2v) is 8.19. The van der Waals surface area contributed by atoms with Gasteiger partial charge in [-0.05, 0) is 63.9 Å². The van der Waals surface area contributed by atoms with Crippen molar-refractivity contribution < 1.29 is 9.18 Å². The third kappa shape index (κ3) is 4.37. The molecule has 2 amide bonds. The highest BCUT2D eigenvalue weighted by Gasteiger charge is 2.36. The first-order valence-corrected chi connectivity index (χ1v) is 9.95. The van der Waals surface area contributed by atoms with Crippen molar-refractivity contribution in [3.8, 4) is 0 Å². The zero-order chi connectivity index (χ0) is 18.6. The predicted molar refractivity (Wildman–Crippen MR) is 103 cm³/mol. The molecule has 0 spiro atoms. The van der Waals surface area contributed by atoms with Gasteiger partial charge in [0.2, 0.25) is 0 Å². The first-order chi connectivity index (χ1) is 12.5. The second-order valence-electron chi connectivity index (χ2n) is 8.19. The van der Waals surface area contributed by atoms with E-state index in [1.807, 2.05) is 17.0 Å². The minimum absolute atomic E-state index is 0.0403. The van der Waals surface area contributed by atoms with Crippen molar-refractivity contribution in [1.82, 2.24) is 15.1 Å². The third-order valence-electron chi connectivity index (χ3n) is 6.31. The number of carbonyl (C=O) groups is 1. The molecule has 0 unspecified atom stereocenters. The number of nitrogens with one attached hydrogen (secondary N) is 1. The number of amides is 2. The Labute approximate surface area is 156 Å². The average molecular weight is 362 g/mol. The van der Waals surface area contributed by atoms with Gasteiger partial charge in [-0.3, -0.25) is 0 Å². The highest BCUT2D eigenvalue weighted by molar-refractivity contribution is 5.74. The van der Waals surface area contributed by atoms with Crippen molar-refractivity contribution in [3.05, 3.63) is 35.6 Å². The summed E-state index contributed by atoms with van der Waals surface area (Å²) in [5.74, 6) is -0.203. The fraction of sp³-hybridized carbons (Fsp3) is 0.667. The molecular formula is C21H32FN3O. The fourth-order valence-electron chi connectivity index (χ4n) is 4.58. The minimum Gasteiger partial charge on any atom is -0.337 e. The molecular weight excluding hydrogens is 329 g/mol. The molecule has 0 aromatic heterocycles. The first-order valence-electron chi connectivity index (χ1n) is 9.95. The molecule has 4 nitrogen and oxygen atoms in total. The van der Waals surface area contributed by atoms with E-state index in [2.05, 4.69) is 24.3 Å². The lowest BCUT2D eigenvalue weighted by Crippen LogP contribution is -2.46. The SMILES string of the molecule is CN(C)[C@@H]1CCCN(C(=O)NCC2(c3ccc(F)cc3)CCCC2)CC1. The lowest BCUT2D eigenvalue weighted by Gasteiger charge is -2.31. The van der Waals surface area contributed by atoms with E-state index >= 15 is 0 Å². The highest BCUT2D eigenvalue weighted by atomic mass is 19.1. The summed E-state index contributed by atoms with van der Waals surface area (Å²) < 4.78 is 13.3. The molecule has 1 atom stereocenters. The smallest absolute Gasteiger partial charge is 0.317 e. The van der Waals surface area contributed by atoms with Gasteiger partial charge in [-0.1, -0.05) is 25.0 Å². The van der Waals surface area contributed by atoms with E-state index in [1.54, 1.807) is 0 Å². The van der Waals surface area contributed by atoms with Gasteiger partial charge in [-0.25, -0.2) is 9.18 Å². The molecule has 1 aliphatic heterocycles. The van der Waals surface area contributed by atoms with Gasteiger partial charge in [-0.15, -0.1) is 0 Å². The van der Waals surface area contributed by atoms with Crippen LogP contribution in [0.15, 0.2) is 24.3 Å². The molecule has 1 aromatic carbocycles. The van der Waals surface area contributed by atoms with Crippen LogP contribution in [0.5, 0.6) is 0 Å². The van der Waals surface area contributed by atoms with Crippen LogP contribution in [0.2, 0.25) is 0 Å². The Kier molecular flexibility index (Phi) is 6.17. The summed E-state index contributed by atoms with van der Waals surface area (Å²) in [7, 11) is 4.24. The van der Waals surface area contributed by atoms with E-state index in [0.29, 0.717) is 12.6 Å². The Morgan fingerprint density at radius 1 is 1.15 bits per heavy atom. The summed E-state index contributed by atoms with van der Waals surface area (Å²) in [4.78, 5) is 17.0. The molecule has 1 saturated heterocycles. The molecule has 2 fully saturated rings. The van der Waals surface area contributed by atoms with Crippen LogP contribution in [0.25, 0.3) is 0 Å². The number of likely N-dealkylation sites (tertiary alicyclic amines) is 1. The van der Waals surface area contributed by atoms with Gasteiger partial charge < -0.3 is 15.1 Å². The molecule has 3 rings (SSSR count). The van der Waals surface area contributed by atoms with E-state index in [1.165, 1.54) is 25.0 Å². The molecule has 1 heterocycles. The van der Waals surface area contributed by atoms with Crippen molar-refractivity contribution >= 4 is 6.03 Å². The maximum absolute atomic E-state index is 13.3. The van der Waals surface area contributed by atoms with Gasteiger partial charge in [0.05, 0.1) is 0 Å². The molecule has 26 heavy (non-hydrogen) atoms. The number of hydrogen-bond acceptors (Lipinski definition) is 2. The Bertz CT molecular complexity index is 596. The van der Waals surface area contributed by atoms with Gasteiger partial charge in [0, 0.05) is 31.1 Å². The van der Waals surface area contributed by atoms with Crippen LogP contribution < -0.4 is 5.32 Å². The lowest BCUT2D eigenvalue weighted by atomic mass is 9.79. The first kappa shape index (κ1) is 19.2. The van der Waals surface area contributed by atoms with Gasteiger partial charge in [-0.2, -0.15) is 0 Å². The van der Waals surface area contributed by atoms with Crippen molar-refractivity contribution in [2.45, 2.75) is 56.4 Å².